The first-order valence-electron chi connectivity index (χ1n) is 9.12. The Morgan fingerprint density at radius 1 is 1.13 bits per heavy atom. The van der Waals surface area contributed by atoms with Crippen molar-refractivity contribution < 1.29 is 0 Å². The number of fused-ring (bicyclic) bond motifs is 3. The Morgan fingerprint density at radius 3 is 2.83 bits per heavy atom. The zero-order chi connectivity index (χ0) is 15.8. The van der Waals surface area contributed by atoms with Crippen LogP contribution in [-0.2, 0) is 6.42 Å². The second-order valence-corrected chi connectivity index (χ2v) is 7.19. The average Bonchev–Trinajstić information content (AvgIpc) is 2.80. The summed E-state index contributed by atoms with van der Waals surface area (Å²) >= 11 is 0. The number of likely N-dealkylation sites (N-methyl/N-ethyl adjacent to an activating group) is 1. The first kappa shape index (κ1) is 14.9. The summed E-state index contributed by atoms with van der Waals surface area (Å²) < 4.78 is 0. The Morgan fingerprint density at radius 2 is 1.96 bits per heavy atom. The smallest absolute Gasteiger partial charge is 0.0726 e. The fraction of sp³-hybridized carbons (Fsp3) is 0.550. The van der Waals surface area contributed by atoms with Gasteiger partial charge in [0.05, 0.1) is 5.52 Å². The highest BCUT2D eigenvalue weighted by Gasteiger charge is 2.35. The van der Waals surface area contributed by atoms with Crippen LogP contribution in [0.3, 0.4) is 0 Å². The van der Waals surface area contributed by atoms with E-state index in [-0.39, 0.29) is 0 Å². The van der Waals surface area contributed by atoms with Crippen LogP contribution in [0, 0.1) is 0 Å². The van der Waals surface area contributed by atoms with Crippen molar-refractivity contribution in [3.05, 3.63) is 36.0 Å². The molecule has 0 aliphatic carbocycles. The second kappa shape index (κ2) is 6.12. The van der Waals surface area contributed by atoms with Crippen molar-refractivity contribution in [3.8, 4) is 0 Å². The Hall–Kier alpha value is -1.61. The molecule has 2 bridgehead atoms. The van der Waals surface area contributed by atoms with E-state index >= 15 is 0 Å². The lowest BCUT2D eigenvalue weighted by atomic mass is 10.1. The summed E-state index contributed by atoms with van der Waals surface area (Å²) in [4.78, 5) is 10.1. The zero-order valence-corrected chi connectivity index (χ0v) is 14.3. The molecule has 3 nitrogen and oxygen atoms in total. The number of hydrogen-bond donors (Lipinski definition) is 0. The lowest BCUT2D eigenvalue weighted by Gasteiger charge is -2.29. The fourth-order valence-electron chi connectivity index (χ4n) is 4.38. The number of aryl methyl sites for hydroxylation is 1. The van der Waals surface area contributed by atoms with E-state index in [4.69, 9.17) is 4.98 Å². The number of rotatable bonds is 3. The molecule has 1 aromatic carbocycles. The third-order valence-corrected chi connectivity index (χ3v) is 5.74. The number of anilines is 1. The molecular weight excluding hydrogens is 282 g/mol. The first-order chi connectivity index (χ1) is 11.3. The number of benzene rings is 1. The van der Waals surface area contributed by atoms with Crippen LogP contribution in [0.5, 0.6) is 0 Å². The van der Waals surface area contributed by atoms with Crippen molar-refractivity contribution in [1.82, 2.24) is 9.88 Å². The summed E-state index contributed by atoms with van der Waals surface area (Å²) in [7, 11) is 2.32. The first-order valence-corrected chi connectivity index (χ1v) is 9.12. The monoisotopic (exact) mass is 309 g/mol. The van der Waals surface area contributed by atoms with Crippen LogP contribution in [0.4, 0.5) is 5.69 Å². The molecule has 23 heavy (non-hydrogen) atoms. The molecule has 0 amide bonds. The minimum atomic E-state index is 0.712. The molecule has 2 fully saturated rings. The van der Waals surface area contributed by atoms with Crippen molar-refractivity contribution in [2.24, 2.45) is 0 Å². The average molecular weight is 309 g/mol. The highest BCUT2D eigenvalue weighted by Crippen LogP contribution is 2.34. The van der Waals surface area contributed by atoms with Gasteiger partial charge in [0.15, 0.2) is 0 Å². The Kier molecular flexibility index (Phi) is 3.98. The zero-order valence-electron chi connectivity index (χ0n) is 14.3. The molecule has 4 rings (SSSR count). The molecule has 3 heterocycles. The molecule has 2 saturated heterocycles. The summed E-state index contributed by atoms with van der Waals surface area (Å²) in [6, 6.07) is 12.5. The normalized spacial score (nSPS) is 25.0. The third-order valence-electron chi connectivity index (χ3n) is 5.74. The molecule has 0 radical (unpaired) electrons. The summed E-state index contributed by atoms with van der Waals surface area (Å²) in [6.07, 6.45) is 6.23. The number of hydrogen-bond acceptors (Lipinski definition) is 3. The van der Waals surface area contributed by atoms with E-state index in [0.29, 0.717) is 6.04 Å². The van der Waals surface area contributed by atoms with Gasteiger partial charge in [0.25, 0.3) is 0 Å². The minimum absolute atomic E-state index is 0.712. The topological polar surface area (TPSA) is 19.4 Å². The molecular formula is C20H27N3. The van der Waals surface area contributed by atoms with Gasteiger partial charge < -0.3 is 4.90 Å². The van der Waals surface area contributed by atoms with Crippen LogP contribution in [-0.4, -0.2) is 42.1 Å². The van der Waals surface area contributed by atoms with E-state index in [2.05, 4.69) is 54.1 Å². The van der Waals surface area contributed by atoms with Crippen molar-refractivity contribution >= 4 is 16.6 Å². The quantitative estimate of drug-likeness (QED) is 0.858. The maximum Gasteiger partial charge on any atom is 0.0726 e. The van der Waals surface area contributed by atoms with Gasteiger partial charge in [-0.3, -0.25) is 9.88 Å². The van der Waals surface area contributed by atoms with Gasteiger partial charge in [0, 0.05) is 41.9 Å². The molecule has 3 heteroatoms. The lowest BCUT2D eigenvalue weighted by molar-refractivity contribution is 0.254. The third kappa shape index (κ3) is 2.72. The molecule has 2 atom stereocenters. The Labute approximate surface area is 139 Å². The van der Waals surface area contributed by atoms with Crippen LogP contribution < -0.4 is 4.90 Å². The van der Waals surface area contributed by atoms with Crippen LogP contribution in [0.15, 0.2) is 30.3 Å². The second-order valence-electron chi connectivity index (χ2n) is 7.19. The molecule has 2 aliphatic heterocycles. The highest BCUT2D eigenvalue weighted by atomic mass is 15.3. The molecule has 0 spiro atoms. The number of aromatic nitrogens is 1. The molecule has 122 valence electrons. The van der Waals surface area contributed by atoms with E-state index in [0.717, 1.165) is 30.9 Å². The molecule has 2 aromatic rings. The van der Waals surface area contributed by atoms with Crippen molar-refractivity contribution in [3.63, 3.8) is 0 Å². The van der Waals surface area contributed by atoms with Gasteiger partial charge in [-0.05, 0) is 44.9 Å². The summed E-state index contributed by atoms with van der Waals surface area (Å²) in [5.41, 5.74) is 3.79. The van der Waals surface area contributed by atoms with Gasteiger partial charge in [-0.2, -0.15) is 0 Å². The largest absolute Gasteiger partial charge is 0.369 e. The van der Waals surface area contributed by atoms with Crippen LogP contribution in [0.25, 0.3) is 10.9 Å². The summed E-state index contributed by atoms with van der Waals surface area (Å²) in [6.45, 7) is 4.56. The predicted octanol–water partition coefficient (Wildman–Crippen LogP) is 3.86. The maximum absolute atomic E-state index is 4.87. The Balaban J connectivity index is 1.75. The minimum Gasteiger partial charge on any atom is -0.369 e. The SMILES string of the molecule is CCCc1cc(N2CCC3CCC(C2)N3C)c2ccccc2n1. The molecule has 2 unspecified atom stereocenters. The van der Waals surface area contributed by atoms with Crippen LogP contribution in [0.2, 0.25) is 0 Å². The van der Waals surface area contributed by atoms with Gasteiger partial charge in [-0.25, -0.2) is 0 Å². The molecule has 1 aromatic heterocycles. The van der Waals surface area contributed by atoms with Crippen molar-refractivity contribution in [1.29, 1.82) is 0 Å². The molecule has 2 aliphatic rings. The van der Waals surface area contributed by atoms with Crippen molar-refractivity contribution in [2.45, 2.75) is 51.1 Å². The van der Waals surface area contributed by atoms with E-state index in [1.54, 1.807) is 0 Å². The van der Waals surface area contributed by atoms with E-state index in [1.807, 2.05) is 0 Å². The standard InChI is InChI=1S/C20H27N3/c1-3-6-15-13-20(18-7-4-5-8-19(18)21-15)23-12-11-16-9-10-17(14-23)22(16)2/h4-5,7-8,13,16-17H,3,6,9-12,14H2,1-2H3. The number of pyridine rings is 1. The predicted molar refractivity (Wildman–Crippen MR) is 97.1 cm³/mol. The molecule has 0 saturated carbocycles. The molecule has 0 N–H and O–H groups in total. The van der Waals surface area contributed by atoms with Gasteiger partial charge in [-0.1, -0.05) is 31.5 Å². The van der Waals surface area contributed by atoms with Crippen LogP contribution in [0.1, 0.15) is 38.3 Å². The lowest BCUT2D eigenvalue weighted by Crippen LogP contribution is -2.36. The summed E-state index contributed by atoms with van der Waals surface area (Å²) in [5, 5.41) is 1.31. The maximum atomic E-state index is 4.87. The number of para-hydroxylation sites is 1. The fourth-order valence-corrected chi connectivity index (χ4v) is 4.38. The van der Waals surface area contributed by atoms with E-state index in [9.17, 15) is 0 Å². The van der Waals surface area contributed by atoms with Gasteiger partial charge in [0.1, 0.15) is 0 Å². The van der Waals surface area contributed by atoms with E-state index in [1.165, 1.54) is 42.6 Å². The number of nitrogens with zero attached hydrogens (tertiary/aromatic N) is 3. The summed E-state index contributed by atoms with van der Waals surface area (Å²) in [5.74, 6) is 0. The highest BCUT2D eigenvalue weighted by molar-refractivity contribution is 5.92. The van der Waals surface area contributed by atoms with E-state index < -0.39 is 0 Å². The Bertz CT molecular complexity index is 696. The van der Waals surface area contributed by atoms with Gasteiger partial charge in [0.2, 0.25) is 0 Å². The van der Waals surface area contributed by atoms with Crippen LogP contribution >= 0.6 is 0 Å². The van der Waals surface area contributed by atoms with Gasteiger partial charge >= 0.3 is 0 Å². The van der Waals surface area contributed by atoms with Crippen molar-refractivity contribution in [2.75, 3.05) is 25.0 Å². The van der Waals surface area contributed by atoms with Gasteiger partial charge in [-0.15, -0.1) is 0 Å².